The molecule has 0 radical (unpaired) electrons. The highest BCUT2D eigenvalue weighted by Gasteiger charge is 2.29. The first-order valence-electron chi connectivity index (χ1n) is 7.61. The second-order valence-corrected chi connectivity index (χ2v) is 5.83. The molecule has 2 aliphatic heterocycles. The summed E-state index contributed by atoms with van der Waals surface area (Å²) in [5.74, 6) is 0.564. The summed E-state index contributed by atoms with van der Waals surface area (Å²) in [5, 5.41) is 0. The zero-order valence-electron chi connectivity index (χ0n) is 11.9. The van der Waals surface area contributed by atoms with Crippen LogP contribution in [-0.2, 0) is 6.54 Å². The minimum atomic E-state index is -0.305. The van der Waals surface area contributed by atoms with Crippen molar-refractivity contribution in [2.45, 2.75) is 38.3 Å². The second kappa shape index (κ2) is 6.06. The van der Waals surface area contributed by atoms with Crippen LogP contribution in [0.2, 0.25) is 0 Å². The number of hydrogen-bond donors (Lipinski definition) is 1. The third-order valence-corrected chi connectivity index (χ3v) is 4.50. The number of halogens is 1. The molecule has 3 heterocycles. The van der Waals surface area contributed by atoms with Gasteiger partial charge in [-0.25, -0.2) is 9.37 Å². The van der Waals surface area contributed by atoms with Gasteiger partial charge in [-0.1, -0.05) is 6.42 Å². The first kappa shape index (κ1) is 13.8. The van der Waals surface area contributed by atoms with Crippen LogP contribution >= 0.6 is 0 Å². The highest BCUT2D eigenvalue weighted by molar-refractivity contribution is 5.48. The Bertz CT molecular complexity index is 459. The lowest BCUT2D eigenvalue weighted by atomic mass is 10.1. The van der Waals surface area contributed by atoms with Crippen LogP contribution in [0, 0.1) is 5.82 Å². The van der Waals surface area contributed by atoms with Crippen molar-refractivity contribution in [1.29, 1.82) is 0 Å². The molecule has 0 aliphatic carbocycles. The summed E-state index contributed by atoms with van der Waals surface area (Å²) in [6.45, 7) is 4.77. The van der Waals surface area contributed by atoms with E-state index in [1.807, 2.05) is 0 Å². The Morgan fingerprint density at radius 1 is 1.25 bits per heavy atom. The molecule has 1 aromatic rings. The van der Waals surface area contributed by atoms with Gasteiger partial charge in [0.2, 0.25) is 0 Å². The number of anilines is 1. The van der Waals surface area contributed by atoms with E-state index in [-0.39, 0.29) is 5.82 Å². The van der Waals surface area contributed by atoms with Gasteiger partial charge in [0.25, 0.3) is 0 Å². The molecule has 0 aromatic carbocycles. The molecule has 4 nitrogen and oxygen atoms in total. The maximum atomic E-state index is 13.2. The Morgan fingerprint density at radius 3 is 2.80 bits per heavy atom. The minimum absolute atomic E-state index is 0.305. The molecule has 0 bridgehead atoms. The Kier molecular flexibility index (Phi) is 4.17. The molecule has 110 valence electrons. The lowest BCUT2D eigenvalue weighted by Crippen LogP contribution is -2.41. The maximum Gasteiger partial charge on any atom is 0.141 e. The van der Waals surface area contributed by atoms with Crippen molar-refractivity contribution < 1.29 is 4.39 Å². The van der Waals surface area contributed by atoms with E-state index < -0.39 is 0 Å². The number of hydrogen-bond acceptors (Lipinski definition) is 4. The summed E-state index contributed by atoms with van der Waals surface area (Å²) in [4.78, 5) is 9.13. The van der Waals surface area contributed by atoms with Crippen molar-refractivity contribution in [3.63, 3.8) is 0 Å². The largest absolute Gasteiger partial charge is 0.355 e. The van der Waals surface area contributed by atoms with E-state index in [0.29, 0.717) is 12.6 Å². The highest BCUT2D eigenvalue weighted by Crippen LogP contribution is 2.26. The quantitative estimate of drug-likeness (QED) is 0.915. The van der Waals surface area contributed by atoms with E-state index >= 15 is 0 Å². The molecule has 5 heteroatoms. The fourth-order valence-corrected chi connectivity index (χ4v) is 3.42. The van der Waals surface area contributed by atoms with E-state index in [9.17, 15) is 4.39 Å². The lowest BCUT2D eigenvalue weighted by molar-refractivity contribution is 0.174. The number of nitrogens with two attached hydrogens (primary N) is 1. The Hall–Kier alpha value is -1.20. The first-order valence-corrected chi connectivity index (χ1v) is 7.61. The van der Waals surface area contributed by atoms with Gasteiger partial charge in [-0.05, 0) is 38.4 Å². The predicted octanol–water partition coefficient (Wildman–Crippen LogP) is 1.74. The second-order valence-electron chi connectivity index (χ2n) is 5.83. The molecular formula is C15H23FN4. The molecule has 2 fully saturated rings. The maximum absolute atomic E-state index is 13.2. The zero-order valence-corrected chi connectivity index (χ0v) is 11.9. The number of pyridine rings is 1. The smallest absolute Gasteiger partial charge is 0.141 e. The first-order chi connectivity index (χ1) is 9.78. The van der Waals surface area contributed by atoms with Gasteiger partial charge in [0.05, 0.1) is 6.20 Å². The number of rotatable bonds is 3. The van der Waals surface area contributed by atoms with Crippen LogP contribution in [0.4, 0.5) is 10.2 Å². The normalized spacial score (nSPS) is 24.3. The standard InChI is InChI=1S/C15H23FN4/c16-13-8-12(9-17)15(18-10-13)20-7-4-14(11-20)19-5-2-1-3-6-19/h8,10,14H,1-7,9,11,17H2. The zero-order chi connectivity index (χ0) is 13.9. The number of likely N-dealkylation sites (tertiary alicyclic amines) is 1. The third-order valence-electron chi connectivity index (χ3n) is 4.50. The van der Waals surface area contributed by atoms with E-state index in [1.165, 1.54) is 51.0 Å². The molecule has 1 aromatic heterocycles. The van der Waals surface area contributed by atoms with Crippen molar-refractivity contribution >= 4 is 5.82 Å². The summed E-state index contributed by atoms with van der Waals surface area (Å²) < 4.78 is 13.2. The van der Waals surface area contributed by atoms with Crippen molar-refractivity contribution in [2.24, 2.45) is 5.73 Å². The van der Waals surface area contributed by atoms with Crippen LogP contribution in [0.15, 0.2) is 12.3 Å². The van der Waals surface area contributed by atoms with Gasteiger partial charge < -0.3 is 10.6 Å². The third kappa shape index (κ3) is 2.79. The number of nitrogens with zero attached hydrogens (tertiary/aromatic N) is 3. The molecule has 3 rings (SSSR count). The van der Waals surface area contributed by atoms with E-state index in [0.717, 1.165) is 24.5 Å². The molecule has 2 N–H and O–H groups in total. The van der Waals surface area contributed by atoms with Gasteiger partial charge in [0.1, 0.15) is 11.6 Å². The van der Waals surface area contributed by atoms with Gasteiger partial charge in [-0.3, -0.25) is 4.90 Å². The van der Waals surface area contributed by atoms with Crippen molar-refractivity contribution in [3.05, 3.63) is 23.6 Å². The SMILES string of the molecule is NCc1cc(F)cnc1N1CCC(N2CCCCC2)C1. The average Bonchev–Trinajstić information content (AvgIpc) is 2.97. The summed E-state index contributed by atoms with van der Waals surface area (Å²) >= 11 is 0. The summed E-state index contributed by atoms with van der Waals surface area (Å²) in [6.07, 6.45) is 6.47. The number of piperidine rings is 1. The fourth-order valence-electron chi connectivity index (χ4n) is 3.42. The van der Waals surface area contributed by atoms with E-state index in [1.54, 1.807) is 0 Å². The number of aromatic nitrogens is 1. The van der Waals surface area contributed by atoms with Crippen LogP contribution in [0.25, 0.3) is 0 Å². The van der Waals surface area contributed by atoms with Crippen molar-refractivity contribution in [1.82, 2.24) is 9.88 Å². The molecule has 20 heavy (non-hydrogen) atoms. The van der Waals surface area contributed by atoms with Crippen molar-refractivity contribution in [2.75, 3.05) is 31.1 Å². The van der Waals surface area contributed by atoms with Crippen LogP contribution in [0.1, 0.15) is 31.2 Å². The summed E-state index contributed by atoms with van der Waals surface area (Å²) in [5.41, 5.74) is 6.53. The van der Waals surface area contributed by atoms with Crippen LogP contribution < -0.4 is 10.6 Å². The van der Waals surface area contributed by atoms with Crippen LogP contribution in [-0.4, -0.2) is 42.1 Å². The monoisotopic (exact) mass is 278 g/mol. The molecule has 0 amide bonds. The van der Waals surface area contributed by atoms with Gasteiger partial charge in [-0.2, -0.15) is 0 Å². The molecule has 2 aliphatic rings. The van der Waals surface area contributed by atoms with Gasteiger partial charge in [-0.15, -0.1) is 0 Å². The average molecular weight is 278 g/mol. The predicted molar refractivity (Wildman–Crippen MR) is 78.1 cm³/mol. The van der Waals surface area contributed by atoms with Crippen molar-refractivity contribution in [3.8, 4) is 0 Å². The van der Waals surface area contributed by atoms with E-state index in [4.69, 9.17) is 5.73 Å². The summed E-state index contributed by atoms with van der Waals surface area (Å²) in [7, 11) is 0. The van der Waals surface area contributed by atoms with Crippen LogP contribution in [0.5, 0.6) is 0 Å². The van der Waals surface area contributed by atoms with Crippen LogP contribution in [0.3, 0.4) is 0 Å². The molecule has 1 atom stereocenters. The van der Waals surface area contributed by atoms with Gasteiger partial charge >= 0.3 is 0 Å². The molecule has 0 saturated carbocycles. The van der Waals surface area contributed by atoms with E-state index in [2.05, 4.69) is 14.8 Å². The Morgan fingerprint density at radius 2 is 2.05 bits per heavy atom. The molecule has 2 saturated heterocycles. The lowest BCUT2D eigenvalue weighted by Gasteiger charge is -2.32. The fraction of sp³-hybridized carbons (Fsp3) is 0.667. The van der Waals surface area contributed by atoms with Gasteiger partial charge in [0, 0.05) is 31.2 Å². The highest BCUT2D eigenvalue weighted by atomic mass is 19.1. The molecule has 1 unspecified atom stereocenters. The summed E-state index contributed by atoms with van der Waals surface area (Å²) in [6, 6.07) is 2.13. The topological polar surface area (TPSA) is 45.4 Å². The minimum Gasteiger partial charge on any atom is -0.355 e. The Balaban J connectivity index is 1.70. The molecule has 0 spiro atoms. The van der Waals surface area contributed by atoms with Gasteiger partial charge in [0.15, 0.2) is 0 Å². The Labute approximate surface area is 119 Å². The molecular weight excluding hydrogens is 255 g/mol.